The second kappa shape index (κ2) is 5.47. The molecule has 2 heterocycles. The van der Waals surface area contributed by atoms with E-state index in [0.717, 1.165) is 5.00 Å². The number of aliphatic hydroxyl groups is 1. The number of amides is 1. The minimum atomic E-state index is -0.280. The van der Waals surface area contributed by atoms with Crippen molar-refractivity contribution in [2.24, 2.45) is 0 Å². The van der Waals surface area contributed by atoms with Crippen LogP contribution in [0.15, 0.2) is 0 Å². The lowest BCUT2D eigenvalue weighted by Gasteiger charge is -2.30. The van der Waals surface area contributed by atoms with Gasteiger partial charge in [-0.25, -0.2) is 0 Å². The van der Waals surface area contributed by atoms with E-state index < -0.39 is 0 Å². The van der Waals surface area contributed by atoms with E-state index in [1.165, 1.54) is 18.4 Å². The van der Waals surface area contributed by atoms with E-state index in [4.69, 9.17) is 5.73 Å². The average Bonchev–Trinajstić information content (AvgIpc) is 2.75. The summed E-state index contributed by atoms with van der Waals surface area (Å²) in [4.78, 5) is 14.1. The van der Waals surface area contributed by atoms with Crippen molar-refractivity contribution in [2.45, 2.75) is 18.9 Å². The van der Waals surface area contributed by atoms with E-state index in [9.17, 15) is 15.2 Å². The predicted octanol–water partition coefficient (Wildman–Crippen LogP) is 0.523. The molecule has 1 aromatic heterocycles. The first-order valence-corrected chi connectivity index (χ1v) is 6.87. The van der Waals surface area contributed by atoms with Gasteiger partial charge in [-0.1, -0.05) is 0 Å². The fourth-order valence-electron chi connectivity index (χ4n) is 2.11. The summed E-state index contributed by atoms with van der Waals surface area (Å²) in [6, 6.07) is 2.07. The molecule has 0 spiro atoms. The Morgan fingerprint density at radius 2 is 2.21 bits per heavy atom. The SMILES string of the molecule is CNC(=O)c1sc(N2CCC(O)CC2)c(C#N)c1N. The van der Waals surface area contributed by atoms with Gasteiger partial charge in [0.2, 0.25) is 0 Å². The predicted molar refractivity (Wildman–Crippen MR) is 74.3 cm³/mol. The van der Waals surface area contributed by atoms with Crippen molar-refractivity contribution in [2.75, 3.05) is 30.8 Å². The van der Waals surface area contributed by atoms with Gasteiger partial charge in [0.15, 0.2) is 0 Å². The molecule has 1 fully saturated rings. The van der Waals surface area contributed by atoms with Crippen molar-refractivity contribution < 1.29 is 9.90 Å². The number of carbonyl (C=O) groups is 1. The Hall–Kier alpha value is -1.78. The number of nitrogens with two attached hydrogens (primary N) is 1. The van der Waals surface area contributed by atoms with Crippen LogP contribution < -0.4 is 16.0 Å². The van der Waals surface area contributed by atoms with Gasteiger partial charge in [-0.15, -0.1) is 11.3 Å². The van der Waals surface area contributed by atoms with Crippen molar-refractivity contribution in [3.8, 4) is 6.07 Å². The first-order valence-electron chi connectivity index (χ1n) is 6.06. The van der Waals surface area contributed by atoms with Crippen LogP contribution in [0.25, 0.3) is 0 Å². The minimum absolute atomic E-state index is 0.243. The van der Waals surface area contributed by atoms with Crippen LogP contribution in [0.5, 0.6) is 0 Å². The summed E-state index contributed by atoms with van der Waals surface area (Å²) in [5.74, 6) is -0.276. The summed E-state index contributed by atoms with van der Waals surface area (Å²) < 4.78 is 0. The zero-order chi connectivity index (χ0) is 14.0. The third-order valence-corrected chi connectivity index (χ3v) is 4.49. The molecule has 1 amide bonds. The topological polar surface area (TPSA) is 102 Å². The molecule has 19 heavy (non-hydrogen) atoms. The highest BCUT2D eigenvalue weighted by atomic mass is 32.1. The van der Waals surface area contributed by atoms with E-state index in [1.54, 1.807) is 0 Å². The largest absolute Gasteiger partial charge is 0.396 e. The zero-order valence-electron chi connectivity index (χ0n) is 10.6. The van der Waals surface area contributed by atoms with E-state index >= 15 is 0 Å². The van der Waals surface area contributed by atoms with Crippen molar-refractivity contribution in [3.63, 3.8) is 0 Å². The quantitative estimate of drug-likeness (QED) is 0.733. The van der Waals surface area contributed by atoms with Crippen LogP contribution in [0.4, 0.5) is 10.7 Å². The summed E-state index contributed by atoms with van der Waals surface area (Å²) in [6.07, 6.45) is 1.05. The molecule has 0 aliphatic carbocycles. The molecule has 0 bridgehead atoms. The standard InChI is InChI=1S/C12H16N4O2S/c1-15-11(18)10-9(14)8(6-13)12(19-10)16-4-2-7(17)3-5-16/h7,17H,2-5,14H2,1H3,(H,15,18). The third kappa shape index (κ3) is 2.50. The molecule has 6 nitrogen and oxygen atoms in total. The van der Waals surface area contributed by atoms with Gasteiger partial charge in [-0.05, 0) is 12.8 Å². The Bertz CT molecular complexity index is 527. The second-order valence-electron chi connectivity index (χ2n) is 4.43. The Morgan fingerprint density at radius 1 is 1.58 bits per heavy atom. The molecule has 0 atom stereocenters. The van der Waals surface area contributed by atoms with Gasteiger partial charge in [0.05, 0.1) is 11.8 Å². The lowest BCUT2D eigenvalue weighted by molar-refractivity contribution is 0.0968. The van der Waals surface area contributed by atoms with E-state index in [2.05, 4.69) is 11.4 Å². The molecule has 102 valence electrons. The molecule has 0 saturated carbocycles. The van der Waals surface area contributed by atoms with Gasteiger partial charge < -0.3 is 21.1 Å². The number of rotatable bonds is 2. The number of hydrogen-bond acceptors (Lipinski definition) is 6. The first kappa shape index (κ1) is 13.6. The number of piperidine rings is 1. The Kier molecular flexibility index (Phi) is 3.93. The summed E-state index contributed by atoms with van der Waals surface area (Å²) in [6.45, 7) is 1.34. The zero-order valence-corrected chi connectivity index (χ0v) is 11.5. The van der Waals surface area contributed by atoms with Crippen LogP contribution in [-0.2, 0) is 0 Å². The maximum absolute atomic E-state index is 11.7. The smallest absolute Gasteiger partial charge is 0.263 e. The van der Waals surface area contributed by atoms with Crippen molar-refractivity contribution >= 4 is 27.9 Å². The number of nitrogens with one attached hydrogen (secondary N) is 1. The minimum Gasteiger partial charge on any atom is -0.396 e. The van der Waals surface area contributed by atoms with Gasteiger partial charge in [-0.2, -0.15) is 5.26 Å². The van der Waals surface area contributed by atoms with E-state index in [1.807, 2.05) is 4.90 Å². The molecule has 1 aromatic rings. The van der Waals surface area contributed by atoms with Gasteiger partial charge >= 0.3 is 0 Å². The number of aliphatic hydroxyl groups excluding tert-OH is 1. The molecular formula is C12H16N4O2S. The van der Waals surface area contributed by atoms with Crippen LogP contribution >= 0.6 is 11.3 Å². The van der Waals surface area contributed by atoms with Crippen LogP contribution in [-0.4, -0.2) is 37.3 Å². The normalized spacial score (nSPS) is 16.2. The molecule has 1 aliphatic rings. The first-order chi connectivity index (χ1) is 9.08. The van der Waals surface area contributed by atoms with E-state index in [-0.39, 0.29) is 17.7 Å². The molecule has 0 radical (unpaired) electrons. The van der Waals surface area contributed by atoms with Crippen LogP contribution in [0, 0.1) is 11.3 Å². The van der Waals surface area contributed by atoms with Crippen LogP contribution in [0.2, 0.25) is 0 Å². The Labute approximate surface area is 115 Å². The van der Waals surface area contributed by atoms with Crippen molar-refractivity contribution in [3.05, 3.63) is 10.4 Å². The summed E-state index contributed by atoms with van der Waals surface area (Å²) in [5, 5.41) is 22.0. The summed E-state index contributed by atoms with van der Waals surface area (Å²) >= 11 is 1.24. The molecule has 1 saturated heterocycles. The number of carbonyl (C=O) groups excluding carboxylic acids is 1. The highest BCUT2D eigenvalue weighted by Crippen LogP contribution is 2.38. The van der Waals surface area contributed by atoms with Gasteiger partial charge in [0.1, 0.15) is 21.5 Å². The third-order valence-electron chi connectivity index (χ3n) is 3.22. The van der Waals surface area contributed by atoms with Crippen LogP contribution in [0.3, 0.4) is 0 Å². The van der Waals surface area contributed by atoms with Gasteiger partial charge in [0, 0.05) is 20.1 Å². The van der Waals surface area contributed by atoms with E-state index in [0.29, 0.717) is 36.4 Å². The average molecular weight is 280 g/mol. The van der Waals surface area contributed by atoms with Gasteiger partial charge in [0.25, 0.3) is 5.91 Å². The lowest BCUT2D eigenvalue weighted by atomic mass is 10.1. The number of thiophene rings is 1. The monoisotopic (exact) mass is 280 g/mol. The number of hydrogen-bond donors (Lipinski definition) is 3. The van der Waals surface area contributed by atoms with Crippen molar-refractivity contribution in [1.29, 1.82) is 5.26 Å². The molecule has 1 aliphatic heterocycles. The maximum atomic E-state index is 11.7. The molecule has 2 rings (SSSR count). The summed E-state index contributed by atoms with van der Waals surface area (Å²) in [5.41, 5.74) is 6.48. The molecule has 7 heteroatoms. The highest BCUT2D eigenvalue weighted by Gasteiger charge is 2.26. The second-order valence-corrected chi connectivity index (χ2v) is 5.43. The molecular weight excluding hydrogens is 264 g/mol. The maximum Gasteiger partial charge on any atom is 0.263 e. The number of anilines is 2. The number of nitrogen functional groups attached to an aromatic ring is 1. The fraction of sp³-hybridized carbons (Fsp3) is 0.500. The fourth-order valence-corrected chi connectivity index (χ4v) is 3.28. The lowest BCUT2D eigenvalue weighted by Crippen LogP contribution is -2.35. The highest BCUT2D eigenvalue weighted by molar-refractivity contribution is 7.19. The van der Waals surface area contributed by atoms with Gasteiger partial charge in [-0.3, -0.25) is 4.79 Å². The Balaban J connectivity index is 2.35. The summed E-state index contributed by atoms with van der Waals surface area (Å²) in [7, 11) is 1.53. The Morgan fingerprint density at radius 3 is 2.74 bits per heavy atom. The number of nitriles is 1. The van der Waals surface area contributed by atoms with Crippen molar-refractivity contribution in [1.82, 2.24) is 5.32 Å². The molecule has 0 aromatic carbocycles. The molecule has 4 N–H and O–H groups in total. The molecule has 0 unspecified atom stereocenters. The van der Waals surface area contributed by atoms with Crippen LogP contribution in [0.1, 0.15) is 28.1 Å². The number of nitrogens with zero attached hydrogens (tertiary/aromatic N) is 2.